The molecule has 0 amide bonds. The van der Waals surface area contributed by atoms with Crippen molar-refractivity contribution < 1.29 is 4.42 Å². The fraction of sp³-hybridized carbons (Fsp3) is 0.0208. The number of nitrogens with zero attached hydrogens (tertiary/aromatic N) is 3. The van der Waals surface area contributed by atoms with Crippen molar-refractivity contribution in [3.05, 3.63) is 198 Å². The van der Waals surface area contributed by atoms with Crippen LogP contribution in [-0.4, -0.2) is 15.0 Å². The van der Waals surface area contributed by atoms with Crippen molar-refractivity contribution >= 4 is 22.7 Å². The fourth-order valence-electron chi connectivity index (χ4n) is 8.37. The van der Waals surface area contributed by atoms with Crippen molar-refractivity contribution in [2.75, 3.05) is 0 Å². The van der Waals surface area contributed by atoms with Gasteiger partial charge in [0.2, 0.25) is 0 Å². The van der Waals surface area contributed by atoms with Crippen LogP contribution in [-0.2, 0) is 5.41 Å². The van der Waals surface area contributed by atoms with Crippen LogP contribution in [0.15, 0.2) is 190 Å². The predicted molar refractivity (Wildman–Crippen MR) is 213 cm³/mol. The summed E-state index contributed by atoms with van der Waals surface area (Å²) >= 11 is 1.85. The average molecular weight is 696 g/mol. The lowest BCUT2D eigenvalue weighted by molar-refractivity contribution is 0.615. The lowest BCUT2D eigenvalue weighted by Crippen LogP contribution is -2.32. The molecule has 0 fully saturated rings. The van der Waals surface area contributed by atoms with Gasteiger partial charge in [0.25, 0.3) is 0 Å². The van der Waals surface area contributed by atoms with E-state index in [1.807, 2.05) is 36.0 Å². The number of aromatic nitrogens is 3. The topological polar surface area (TPSA) is 51.8 Å². The van der Waals surface area contributed by atoms with Crippen LogP contribution in [0.2, 0.25) is 0 Å². The molecule has 53 heavy (non-hydrogen) atoms. The Morgan fingerprint density at radius 3 is 1.62 bits per heavy atom. The number of benzene rings is 7. The smallest absolute Gasteiger partial charge is 0.164 e. The minimum absolute atomic E-state index is 0.546. The SMILES string of the molecule is c1ccc(-c2ccc(-c3nc(-c4ccccc4)nc(-c4ccc5c(c4)C4(c6ccccc6Sc6ccccc64)c4ccc6occc6c4-5)n3)cc2)cc1. The first-order chi connectivity index (χ1) is 26.3. The number of rotatable bonds is 4. The minimum Gasteiger partial charge on any atom is -0.464 e. The number of furan rings is 1. The Kier molecular flexibility index (Phi) is 6.67. The van der Waals surface area contributed by atoms with E-state index in [0.29, 0.717) is 17.5 Å². The first kappa shape index (κ1) is 30.1. The molecule has 0 saturated heterocycles. The molecule has 2 aliphatic rings. The van der Waals surface area contributed by atoms with Gasteiger partial charge in [-0.2, -0.15) is 0 Å². The van der Waals surface area contributed by atoms with Crippen LogP contribution in [0.25, 0.3) is 67.4 Å². The summed E-state index contributed by atoms with van der Waals surface area (Å²) in [4.78, 5) is 17.9. The van der Waals surface area contributed by atoms with Gasteiger partial charge < -0.3 is 4.42 Å². The monoisotopic (exact) mass is 695 g/mol. The van der Waals surface area contributed by atoms with E-state index < -0.39 is 5.41 Å². The standard InChI is InChI=1S/C48H29N3OS/c1-3-11-30(12-4-1)31-19-21-33(22-20-31)46-49-45(32-13-5-2-6-14-32)50-47(51-46)34-23-24-35-40(29-34)48(39-25-26-41-36(44(35)39)27-28-52-41)37-15-7-9-17-42(37)53-43-18-10-8-16-38(43)48/h1-29H. The minimum atomic E-state index is -0.546. The zero-order valence-electron chi connectivity index (χ0n) is 28.4. The van der Waals surface area contributed by atoms with Gasteiger partial charge in [-0.1, -0.05) is 151 Å². The molecule has 4 nitrogen and oxygen atoms in total. The zero-order valence-corrected chi connectivity index (χ0v) is 29.2. The Labute approximate surface area is 310 Å². The van der Waals surface area contributed by atoms with Crippen LogP contribution in [0.3, 0.4) is 0 Å². The van der Waals surface area contributed by atoms with Gasteiger partial charge >= 0.3 is 0 Å². The summed E-state index contributed by atoms with van der Waals surface area (Å²) in [7, 11) is 0. The van der Waals surface area contributed by atoms with E-state index >= 15 is 0 Å². The van der Waals surface area contributed by atoms with Crippen molar-refractivity contribution in [1.29, 1.82) is 0 Å². The van der Waals surface area contributed by atoms with Crippen LogP contribution < -0.4 is 0 Å². The highest BCUT2D eigenvalue weighted by Crippen LogP contribution is 2.63. The maximum atomic E-state index is 5.98. The van der Waals surface area contributed by atoms with Crippen LogP contribution in [0.5, 0.6) is 0 Å². The summed E-state index contributed by atoms with van der Waals surface area (Å²) in [5.41, 5.74) is 12.9. The first-order valence-electron chi connectivity index (χ1n) is 17.8. The molecule has 9 aromatic rings. The van der Waals surface area contributed by atoms with Gasteiger partial charge in [-0.05, 0) is 74.8 Å². The van der Waals surface area contributed by atoms with Crippen molar-refractivity contribution in [1.82, 2.24) is 15.0 Å². The lowest BCUT2D eigenvalue weighted by Gasteiger charge is -2.39. The maximum absolute atomic E-state index is 5.98. The molecule has 1 spiro atoms. The Hall–Kier alpha value is -6.56. The largest absolute Gasteiger partial charge is 0.464 e. The Morgan fingerprint density at radius 1 is 0.415 bits per heavy atom. The number of fused-ring (bicyclic) bond motifs is 11. The van der Waals surface area contributed by atoms with Gasteiger partial charge in [0.1, 0.15) is 5.58 Å². The summed E-state index contributed by atoms with van der Waals surface area (Å²) in [6, 6.07) is 60.1. The highest BCUT2D eigenvalue weighted by atomic mass is 32.2. The molecular formula is C48H29N3OS. The second-order valence-corrected chi connectivity index (χ2v) is 14.6. The van der Waals surface area contributed by atoms with E-state index in [2.05, 4.69) is 146 Å². The Bertz CT molecular complexity index is 2820. The number of hydrogen-bond donors (Lipinski definition) is 0. The molecular weight excluding hydrogens is 667 g/mol. The van der Waals surface area contributed by atoms with Gasteiger partial charge in [-0.3, -0.25) is 0 Å². The molecule has 3 heterocycles. The highest BCUT2D eigenvalue weighted by Gasteiger charge is 2.51. The zero-order chi connectivity index (χ0) is 34.9. The summed E-state index contributed by atoms with van der Waals surface area (Å²) in [6.45, 7) is 0. The lowest BCUT2D eigenvalue weighted by atomic mass is 9.67. The van der Waals surface area contributed by atoms with Gasteiger partial charge in [-0.25, -0.2) is 15.0 Å². The van der Waals surface area contributed by atoms with Crippen molar-refractivity contribution in [3.8, 4) is 56.4 Å². The molecule has 1 aliphatic heterocycles. The summed E-state index contributed by atoms with van der Waals surface area (Å²) in [6.07, 6.45) is 1.80. The second-order valence-electron chi connectivity index (χ2n) is 13.5. The van der Waals surface area contributed by atoms with Gasteiger partial charge in [0.15, 0.2) is 17.5 Å². The maximum Gasteiger partial charge on any atom is 0.164 e. The normalized spacial score (nSPS) is 13.4. The average Bonchev–Trinajstić information content (AvgIpc) is 3.83. The van der Waals surface area contributed by atoms with E-state index in [-0.39, 0.29) is 0 Å². The highest BCUT2D eigenvalue weighted by molar-refractivity contribution is 7.99. The van der Waals surface area contributed by atoms with E-state index in [0.717, 1.165) is 33.2 Å². The molecule has 0 saturated carbocycles. The summed E-state index contributed by atoms with van der Waals surface area (Å²) in [5.74, 6) is 1.91. The predicted octanol–water partition coefficient (Wildman–Crippen LogP) is 12.1. The fourth-order valence-corrected chi connectivity index (χ4v) is 9.56. The quantitative estimate of drug-likeness (QED) is 0.183. The van der Waals surface area contributed by atoms with E-state index in [4.69, 9.17) is 19.4 Å². The van der Waals surface area contributed by atoms with Gasteiger partial charge in [-0.15, -0.1) is 0 Å². The molecule has 2 aromatic heterocycles. The Balaban J connectivity index is 1.16. The van der Waals surface area contributed by atoms with E-state index in [1.165, 1.54) is 48.7 Å². The third-order valence-electron chi connectivity index (χ3n) is 10.7. The molecule has 0 bridgehead atoms. The summed E-state index contributed by atoms with van der Waals surface area (Å²) in [5, 5.41) is 1.12. The van der Waals surface area contributed by atoms with E-state index in [1.54, 1.807) is 6.26 Å². The second kappa shape index (κ2) is 11.7. The molecule has 7 aromatic carbocycles. The molecule has 1 aliphatic carbocycles. The van der Waals surface area contributed by atoms with Crippen molar-refractivity contribution in [2.45, 2.75) is 15.2 Å². The van der Waals surface area contributed by atoms with Crippen molar-refractivity contribution in [3.63, 3.8) is 0 Å². The molecule has 0 unspecified atom stereocenters. The number of hydrogen-bond acceptors (Lipinski definition) is 5. The van der Waals surface area contributed by atoms with Crippen LogP contribution >= 0.6 is 11.8 Å². The molecule has 11 rings (SSSR count). The molecule has 5 heteroatoms. The van der Waals surface area contributed by atoms with Gasteiger partial charge in [0.05, 0.1) is 11.7 Å². The third kappa shape index (κ3) is 4.54. The van der Waals surface area contributed by atoms with Crippen LogP contribution in [0.4, 0.5) is 0 Å². The van der Waals surface area contributed by atoms with Gasteiger partial charge in [0, 0.05) is 31.9 Å². The van der Waals surface area contributed by atoms with Crippen LogP contribution in [0.1, 0.15) is 22.3 Å². The molecule has 0 atom stereocenters. The van der Waals surface area contributed by atoms with Crippen molar-refractivity contribution in [2.24, 2.45) is 0 Å². The molecule has 0 N–H and O–H groups in total. The van der Waals surface area contributed by atoms with Crippen LogP contribution in [0, 0.1) is 0 Å². The Morgan fingerprint density at radius 2 is 0.943 bits per heavy atom. The van der Waals surface area contributed by atoms with E-state index in [9.17, 15) is 0 Å². The first-order valence-corrected chi connectivity index (χ1v) is 18.6. The summed E-state index contributed by atoms with van der Waals surface area (Å²) < 4.78 is 5.98. The third-order valence-corrected chi connectivity index (χ3v) is 11.9. The molecule has 0 radical (unpaired) electrons. The molecule has 248 valence electrons.